The number of hydrogen-bond acceptors (Lipinski definition) is 3. The molecule has 7 heteroatoms. The number of esters is 1. The summed E-state index contributed by atoms with van der Waals surface area (Å²) in [5.74, 6) is -8.14. The Morgan fingerprint density at radius 1 is 1.17 bits per heavy atom. The van der Waals surface area contributed by atoms with Crippen molar-refractivity contribution in [3.63, 3.8) is 0 Å². The van der Waals surface area contributed by atoms with Crippen LogP contribution >= 0.6 is 0 Å². The van der Waals surface area contributed by atoms with Gasteiger partial charge in [-0.15, -0.1) is 0 Å². The third kappa shape index (κ3) is 3.41. The Morgan fingerprint density at radius 2 is 1.75 bits per heavy atom. The number of hydrogen-bond donors (Lipinski definition) is 1. The summed E-state index contributed by atoms with van der Waals surface area (Å²) in [7, 11) is 0. The predicted octanol–water partition coefficient (Wildman–Crippen LogP) is 3.93. The highest BCUT2D eigenvalue weighted by molar-refractivity contribution is 5.70. The minimum atomic E-state index is -4.19. The third-order valence-corrected chi connectivity index (χ3v) is 5.99. The van der Waals surface area contributed by atoms with Crippen molar-refractivity contribution in [3.8, 4) is 0 Å². The van der Waals surface area contributed by atoms with Crippen LogP contribution in [0.25, 0.3) is 0 Å². The standard InChI is InChI=1S/C17H24F4O3/c1-14(18,19)17(20,21)2-3-24-13(22)9-15-5-11-4-12(6-15)8-16(23,7-11)10-15/h11-12,23H,2-10H2,1H3. The van der Waals surface area contributed by atoms with E-state index in [9.17, 15) is 27.5 Å². The van der Waals surface area contributed by atoms with Crippen LogP contribution in [0.15, 0.2) is 0 Å². The maximum Gasteiger partial charge on any atom is 0.313 e. The number of ether oxygens (including phenoxy) is 1. The maximum atomic E-state index is 13.2. The molecule has 138 valence electrons. The van der Waals surface area contributed by atoms with Crippen LogP contribution in [-0.2, 0) is 9.53 Å². The zero-order valence-corrected chi connectivity index (χ0v) is 13.8. The summed E-state index contributed by atoms with van der Waals surface area (Å²) in [6.45, 7) is -0.562. The van der Waals surface area contributed by atoms with Gasteiger partial charge in [0.05, 0.1) is 25.0 Å². The number of carbonyl (C=O) groups excluding carboxylic acids is 1. The largest absolute Gasteiger partial charge is 0.465 e. The minimum absolute atomic E-state index is 0.0798. The van der Waals surface area contributed by atoms with E-state index >= 15 is 0 Å². The molecule has 0 aliphatic heterocycles. The number of rotatable bonds is 6. The Hall–Kier alpha value is -0.850. The maximum absolute atomic E-state index is 13.2. The van der Waals surface area contributed by atoms with Crippen LogP contribution in [0.5, 0.6) is 0 Å². The lowest BCUT2D eigenvalue weighted by molar-refractivity contribution is -0.207. The van der Waals surface area contributed by atoms with Gasteiger partial charge in [0.2, 0.25) is 0 Å². The van der Waals surface area contributed by atoms with E-state index in [0.717, 1.165) is 32.1 Å². The summed E-state index contributed by atoms with van der Waals surface area (Å²) in [4.78, 5) is 12.0. The average molecular weight is 352 g/mol. The molecule has 2 unspecified atom stereocenters. The molecule has 1 N–H and O–H groups in total. The summed E-state index contributed by atoms with van der Waals surface area (Å²) < 4.78 is 56.6. The summed E-state index contributed by atoms with van der Waals surface area (Å²) in [5.41, 5.74) is -1.02. The van der Waals surface area contributed by atoms with E-state index in [-0.39, 0.29) is 18.8 Å². The van der Waals surface area contributed by atoms with Crippen molar-refractivity contribution in [1.29, 1.82) is 0 Å². The Morgan fingerprint density at radius 3 is 2.25 bits per heavy atom. The highest BCUT2D eigenvalue weighted by atomic mass is 19.3. The Kier molecular flexibility index (Phi) is 4.17. The third-order valence-electron chi connectivity index (χ3n) is 5.99. The lowest BCUT2D eigenvalue weighted by Crippen LogP contribution is -2.56. The minimum Gasteiger partial charge on any atom is -0.465 e. The van der Waals surface area contributed by atoms with Crippen LogP contribution in [0.1, 0.15) is 58.3 Å². The fraction of sp³-hybridized carbons (Fsp3) is 0.941. The SMILES string of the molecule is CC(F)(F)C(F)(F)CCOC(=O)CC12CC3CC(CC(O)(C3)C1)C2. The van der Waals surface area contributed by atoms with E-state index in [1.165, 1.54) is 0 Å². The van der Waals surface area contributed by atoms with Crippen LogP contribution in [0, 0.1) is 17.3 Å². The van der Waals surface area contributed by atoms with Gasteiger partial charge in [-0.2, -0.15) is 8.78 Å². The van der Waals surface area contributed by atoms with Crippen LogP contribution in [-0.4, -0.2) is 35.1 Å². The van der Waals surface area contributed by atoms with Crippen molar-refractivity contribution in [1.82, 2.24) is 0 Å². The topological polar surface area (TPSA) is 46.5 Å². The first-order valence-corrected chi connectivity index (χ1v) is 8.56. The van der Waals surface area contributed by atoms with E-state index in [1.807, 2.05) is 0 Å². The van der Waals surface area contributed by atoms with Gasteiger partial charge in [0, 0.05) is 6.92 Å². The lowest BCUT2D eigenvalue weighted by atomic mass is 9.47. The molecular weight excluding hydrogens is 328 g/mol. The van der Waals surface area contributed by atoms with Crippen molar-refractivity contribution in [3.05, 3.63) is 0 Å². The molecule has 4 rings (SSSR count). The molecule has 0 amide bonds. The van der Waals surface area contributed by atoms with E-state index < -0.39 is 36.4 Å². The molecule has 0 radical (unpaired) electrons. The van der Waals surface area contributed by atoms with Crippen LogP contribution in [0.4, 0.5) is 17.6 Å². The first-order chi connectivity index (χ1) is 10.9. The molecule has 0 aromatic carbocycles. The molecule has 0 heterocycles. The molecule has 0 aromatic heterocycles. The first-order valence-electron chi connectivity index (χ1n) is 8.56. The Balaban J connectivity index is 1.53. The number of halogens is 4. The first kappa shape index (κ1) is 18.0. The summed E-state index contributed by atoms with van der Waals surface area (Å²) in [6, 6.07) is 0. The molecule has 4 saturated carbocycles. The van der Waals surface area contributed by atoms with Crippen molar-refractivity contribution in [2.45, 2.75) is 75.7 Å². The fourth-order valence-corrected chi connectivity index (χ4v) is 5.48. The number of aliphatic hydroxyl groups is 1. The van der Waals surface area contributed by atoms with Gasteiger partial charge in [-0.1, -0.05) is 0 Å². The van der Waals surface area contributed by atoms with Crippen molar-refractivity contribution >= 4 is 5.97 Å². The van der Waals surface area contributed by atoms with E-state index in [1.54, 1.807) is 0 Å². The second-order valence-corrected chi connectivity index (χ2v) is 8.43. The molecule has 0 saturated heterocycles. The van der Waals surface area contributed by atoms with Gasteiger partial charge in [0.15, 0.2) is 0 Å². The Bertz CT molecular complexity index is 500. The van der Waals surface area contributed by atoms with Crippen LogP contribution in [0.3, 0.4) is 0 Å². The Labute approximate surface area is 138 Å². The summed E-state index contributed by atoms with van der Waals surface area (Å²) >= 11 is 0. The van der Waals surface area contributed by atoms with Gasteiger partial charge < -0.3 is 9.84 Å². The molecule has 4 bridgehead atoms. The van der Waals surface area contributed by atoms with Crippen molar-refractivity contribution in [2.24, 2.45) is 17.3 Å². The second kappa shape index (κ2) is 5.58. The normalized spacial score (nSPS) is 38.4. The smallest absolute Gasteiger partial charge is 0.313 e. The zero-order valence-electron chi connectivity index (χ0n) is 13.8. The van der Waals surface area contributed by atoms with E-state index in [0.29, 0.717) is 18.3 Å². The molecule has 2 atom stereocenters. The van der Waals surface area contributed by atoms with Gasteiger partial charge in [0.25, 0.3) is 0 Å². The molecule has 0 spiro atoms. The quantitative estimate of drug-likeness (QED) is 0.582. The summed E-state index contributed by atoms with van der Waals surface area (Å²) in [5, 5.41) is 10.6. The highest BCUT2D eigenvalue weighted by Crippen LogP contribution is 2.62. The monoisotopic (exact) mass is 352 g/mol. The molecule has 4 fully saturated rings. The van der Waals surface area contributed by atoms with Gasteiger partial charge in [-0.3, -0.25) is 4.79 Å². The predicted molar refractivity (Wildman–Crippen MR) is 77.8 cm³/mol. The molecule has 24 heavy (non-hydrogen) atoms. The van der Waals surface area contributed by atoms with Crippen molar-refractivity contribution < 1.29 is 32.2 Å². The van der Waals surface area contributed by atoms with E-state index in [2.05, 4.69) is 0 Å². The van der Waals surface area contributed by atoms with Gasteiger partial charge in [-0.05, 0) is 55.8 Å². The van der Waals surface area contributed by atoms with Gasteiger partial charge in [0.1, 0.15) is 0 Å². The summed E-state index contributed by atoms with van der Waals surface area (Å²) in [6.07, 6.45) is 3.77. The molecule has 0 aromatic rings. The number of alkyl halides is 4. The van der Waals surface area contributed by atoms with E-state index in [4.69, 9.17) is 4.74 Å². The molecule has 4 aliphatic rings. The van der Waals surface area contributed by atoms with Gasteiger partial charge >= 0.3 is 17.8 Å². The fourth-order valence-electron chi connectivity index (χ4n) is 5.48. The van der Waals surface area contributed by atoms with Gasteiger partial charge in [-0.25, -0.2) is 8.78 Å². The molecule has 4 aliphatic carbocycles. The molecule has 3 nitrogen and oxygen atoms in total. The number of carbonyl (C=O) groups is 1. The van der Waals surface area contributed by atoms with Crippen LogP contribution < -0.4 is 0 Å². The lowest BCUT2D eigenvalue weighted by Gasteiger charge is -2.60. The zero-order chi connectivity index (χ0) is 17.8. The second-order valence-electron chi connectivity index (χ2n) is 8.43. The highest BCUT2D eigenvalue weighted by Gasteiger charge is 2.57. The molecular formula is C17H24F4O3. The van der Waals surface area contributed by atoms with Crippen molar-refractivity contribution in [2.75, 3.05) is 6.61 Å². The van der Waals surface area contributed by atoms with Crippen LogP contribution in [0.2, 0.25) is 0 Å². The average Bonchev–Trinajstić information content (AvgIpc) is 2.32.